The number of sulfonamides is 1. The van der Waals surface area contributed by atoms with Crippen molar-refractivity contribution in [2.75, 3.05) is 0 Å². The molecule has 1 fully saturated rings. The molecule has 0 saturated heterocycles. The molecule has 2 rings (SSSR count). The van der Waals surface area contributed by atoms with Crippen LogP contribution in [0.1, 0.15) is 43.7 Å². The van der Waals surface area contributed by atoms with Gasteiger partial charge in [0.15, 0.2) is 0 Å². The van der Waals surface area contributed by atoms with Gasteiger partial charge in [-0.15, -0.1) is 0 Å². The molecule has 1 aliphatic rings. The van der Waals surface area contributed by atoms with E-state index < -0.39 is 32.2 Å². The zero-order chi connectivity index (χ0) is 16.8. The zero-order valence-corrected chi connectivity index (χ0v) is 12.8. The van der Waals surface area contributed by atoms with Gasteiger partial charge in [-0.1, -0.05) is 19.9 Å². The van der Waals surface area contributed by atoms with Crippen LogP contribution < -0.4 is 4.72 Å². The number of nitriles is 1. The molecule has 8 heteroatoms. The Morgan fingerprint density at radius 2 is 1.91 bits per heavy atom. The molecule has 120 valence electrons. The van der Waals surface area contributed by atoms with Gasteiger partial charge in [0.05, 0.1) is 16.5 Å². The van der Waals surface area contributed by atoms with Gasteiger partial charge >= 0.3 is 6.18 Å². The first kappa shape index (κ1) is 16.8. The third-order valence-electron chi connectivity index (χ3n) is 3.56. The summed E-state index contributed by atoms with van der Waals surface area (Å²) >= 11 is 0. The van der Waals surface area contributed by atoms with Crippen molar-refractivity contribution in [1.29, 1.82) is 5.26 Å². The summed E-state index contributed by atoms with van der Waals surface area (Å²) in [4.78, 5) is -0.842. The summed E-state index contributed by atoms with van der Waals surface area (Å²) in [5.74, 6) is -0.167. The van der Waals surface area contributed by atoms with Crippen LogP contribution in [0, 0.1) is 11.3 Å². The molecule has 0 amide bonds. The first-order valence-electron chi connectivity index (χ1n) is 6.67. The molecule has 0 atom stereocenters. The van der Waals surface area contributed by atoms with Gasteiger partial charge in [-0.3, -0.25) is 0 Å². The van der Waals surface area contributed by atoms with E-state index in [2.05, 4.69) is 4.72 Å². The summed E-state index contributed by atoms with van der Waals surface area (Å²) in [6, 6.07) is 4.96. The maximum atomic E-state index is 13.2. The van der Waals surface area contributed by atoms with Crippen molar-refractivity contribution in [2.45, 2.75) is 49.2 Å². The summed E-state index contributed by atoms with van der Waals surface area (Å²) in [6.45, 7) is 3.44. The van der Waals surface area contributed by atoms with E-state index in [0.717, 1.165) is 12.1 Å². The lowest BCUT2D eigenvalue weighted by Crippen LogP contribution is -2.36. The van der Waals surface area contributed by atoms with Gasteiger partial charge < -0.3 is 0 Å². The van der Waals surface area contributed by atoms with Crippen molar-refractivity contribution >= 4 is 10.0 Å². The van der Waals surface area contributed by atoms with Crippen LogP contribution in [0.2, 0.25) is 0 Å². The molecule has 1 saturated carbocycles. The number of alkyl halides is 3. The highest BCUT2D eigenvalue weighted by atomic mass is 32.2. The quantitative estimate of drug-likeness (QED) is 0.921. The Bertz CT molecular complexity index is 729. The molecule has 0 unspecified atom stereocenters. The van der Waals surface area contributed by atoms with Gasteiger partial charge in [-0.2, -0.15) is 23.2 Å². The zero-order valence-electron chi connectivity index (χ0n) is 12.0. The number of hydrogen-bond acceptors (Lipinski definition) is 3. The summed E-state index contributed by atoms with van der Waals surface area (Å²) in [5.41, 5.74) is -2.08. The third-order valence-corrected chi connectivity index (χ3v) is 5.15. The van der Waals surface area contributed by atoms with Gasteiger partial charge in [0.2, 0.25) is 10.0 Å². The van der Waals surface area contributed by atoms with Gasteiger partial charge in [-0.05, 0) is 36.5 Å². The molecule has 0 spiro atoms. The van der Waals surface area contributed by atoms with E-state index in [1.807, 2.05) is 0 Å². The first-order chi connectivity index (χ1) is 10.0. The van der Waals surface area contributed by atoms with Crippen LogP contribution in [-0.2, 0) is 16.2 Å². The lowest BCUT2D eigenvalue weighted by molar-refractivity contribution is -0.139. The number of benzene rings is 1. The number of halogens is 3. The van der Waals surface area contributed by atoms with Gasteiger partial charge in [0.1, 0.15) is 5.54 Å². The topological polar surface area (TPSA) is 70.0 Å². The van der Waals surface area contributed by atoms with Crippen molar-refractivity contribution in [3.05, 3.63) is 29.3 Å². The van der Waals surface area contributed by atoms with E-state index in [0.29, 0.717) is 18.4 Å². The van der Waals surface area contributed by atoms with E-state index in [9.17, 15) is 21.6 Å². The Morgan fingerprint density at radius 3 is 2.32 bits per heavy atom. The highest BCUT2D eigenvalue weighted by Crippen LogP contribution is 2.39. The summed E-state index contributed by atoms with van der Waals surface area (Å²) in [6.07, 6.45) is -4.19. The predicted octanol–water partition coefficient (Wildman–Crippen LogP) is 3.16. The monoisotopic (exact) mass is 332 g/mol. The van der Waals surface area contributed by atoms with Crippen molar-refractivity contribution in [3.8, 4) is 6.07 Å². The Kier molecular flexibility index (Phi) is 4.00. The summed E-state index contributed by atoms with van der Waals surface area (Å²) in [5, 5.41) is 8.91. The average molecular weight is 332 g/mol. The lowest BCUT2D eigenvalue weighted by Gasteiger charge is -2.17. The van der Waals surface area contributed by atoms with Crippen molar-refractivity contribution < 1.29 is 21.6 Å². The smallest absolute Gasteiger partial charge is 0.207 e. The molecule has 22 heavy (non-hydrogen) atoms. The highest BCUT2D eigenvalue weighted by molar-refractivity contribution is 7.89. The van der Waals surface area contributed by atoms with Crippen LogP contribution in [-0.4, -0.2) is 14.0 Å². The van der Waals surface area contributed by atoms with Gasteiger partial charge in [0.25, 0.3) is 0 Å². The van der Waals surface area contributed by atoms with Crippen LogP contribution in [0.4, 0.5) is 13.2 Å². The van der Waals surface area contributed by atoms with Crippen LogP contribution >= 0.6 is 0 Å². The van der Waals surface area contributed by atoms with Gasteiger partial charge in [-0.25, -0.2) is 8.42 Å². The normalized spacial score (nSPS) is 17.3. The van der Waals surface area contributed by atoms with Crippen molar-refractivity contribution in [2.24, 2.45) is 0 Å². The largest absolute Gasteiger partial charge is 0.417 e. The van der Waals surface area contributed by atoms with Crippen LogP contribution in [0.25, 0.3) is 0 Å². The lowest BCUT2D eigenvalue weighted by atomic mass is 10.0. The number of nitrogens with zero attached hydrogens (tertiary/aromatic N) is 1. The summed E-state index contributed by atoms with van der Waals surface area (Å²) < 4.78 is 66.1. The minimum absolute atomic E-state index is 0.167. The molecule has 1 aromatic rings. The standard InChI is InChI=1S/C14H15F3N2O2S/c1-9(2)10-3-4-12(11(7-10)14(15,16)17)22(20,21)19-13(8-18)5-6-13/h3-4,7,9,19H,5-6H2,1-2H3. The number of nitrogens with one attached hydrogen (secondary N) is 1. The molecule has 1 aromatic carbocycles. The third kappa shape index (κ3) is 3.25. The fourth-order valence-electron chi connectivity index (χ4n) is 2.04. The molecular weight excluding hydrogens is 317 g/mol. The molecule has 0 bridgehead atoms. The minimum Gasteiger partial charge on any atom is -0.207 e. The number of rotatable bonds is 4. The molecule has 1 N–H and O–H groups in total. The van der Waals surface area contributed by atoms with E-state index in [4.69, 9.17) is 5.26 Å². The number of hydrogen-bond donors (Lipinski definition) is 1. The Balaban J connectivity index is 2.53. The molecule has 1 aliphatic carbocycles. The molecule has 0 aliphatic heterocycles. The molecule has 0 radical (unpaired) electrons. The maximum Gasteiger partial charge on any atom is 0.417 e. The Labute approximate surface area is 127 Å². The van der Waals surface area contributed by atoms with Crippen LogP contribution in [0.5, 0.6) is 0 Å². The van der Waals surface area contributed by atoms with E-state index in [-0.39, 0.29) is 5.92 Å². The van der Waals surface area contributed by atoms with Crippen molar-refractivity contribution in [1.82, 2.24) is 4.72 Å². The van der Waals surface area contributed by atoms with Crippen molar-refractivity contribution in [3.63, 3.8) is 0 Å². The van der Waals surface area contributed by atoms with Gasteiger partial charge in [0, 0.05) is 0 Å². The second-order valence-corrected chi connectivity index (χ2v) is 7.36. The second-order valence-electron chi connectivity index (χ2n) is 5.71. The molecule has 0 aromatic heterocycles. The maximum absolute atomic E-state index is 13.2. The SMILES string of the molecule is CC(C)c1ccc(S(=O)(=O)NC2(C#N)CC2)c(C(F)(F)F)c1. The highest BCUT2D eigenvalue weighted by Gasteiger charge is 2.48. The van der Waals surface area contributed by atoms with E-state index in [1.165, 1.54) is 6.07 Å². The average Bonchev–Trinajstić information content (AvgIpc) is 3.16. The molecule has 0 heterocycles. The van der Waals surface area contributed by atoms with E-state index >= 15 is 0 Å². The Morgan fingerprint density at radius 1 is 1.32 bits per heavy atom. The fraction of sp³-hybridized carbons (Fsp3) is 0.500. The van der Waals surface area contributed by atoms with Crippen LogP contribution in [0.15, 0.2) is 23.1 Å². The second kappa shape index (κ2) is 5.25. The molecule has 4 nitrogen and oxygen atoms in total. The van der Waals surface area contributed by atoms with E-state index in [1.54, 1.807) is 19.9 Å². The summed E-state index contributed by atoms with van der Waals surface area (Å²) in [7, 11) is -4.42. The Hall–Kier alpha value is -1.59. The molecular formula is C14H15F3N2O2S. The minimum atomic E-state index is -4.79. The predicted molar refractivity (Wildman–Crippen MR) is 73.4 cm³/mol. The first-order valence-corrected chi connectivity index (χ1v) is 8.15. The fourth-order valence-corrected chi connectivity index (χ4v) is 3.62. The van der Waals surface area contributed by atoms with Crippen LogP contribution in [0.3, 0.4) is 0 Å².